The molecule has 0 aliphatic rings. The van der Waals surface area contributed by atoms with Crippen LogP contribution in [0.1, 0.15) is 21.5 Å². The maximum absolute atomic E-state index is 13.5. The van der Waals surface area contributed by atoms with Crippen LogP contribution < -0.4 is 11.1 Å². The van der Waals surface area contributed by atoms with Crippen LogP contribution in [0, 0.1) is 5.82 Å². The van der Waals surface area contributed by atoms with Gasteiger partial charge in [0.05, 0.1) is 10.6 Å². The third kappa shape index (κ3) is 2.51. The van der Waals surface area contributed by atoms with E-state index in [4.69, 9.17) is 5.73 Å². The highest BCUT2D eigenvalue weighted by molar-refractivity contribution is 7.14. The Morgan fingerprint density at radius 2 is 2.17 bits per heavy atom. The van der Waals surface area contributed by atoms with Crippen molar-refractivity contribution in [2.45, 2.75) is 13.3 Å². The Bertz CT molecular complexity index is 560. The first-order valence-corrected chi connectivity index (χ1v) is 6.37. The summed E-state index contributed by atoms with van der Waals surface area (Å²) in [4.78, 5) is 13.6. The topological polar surface area (TPSA) is 55.1 Å². The Hall–Kier alpha value is -1.88. The first-order valence-electron chi connectivity index (χ1n) is 5.56. The highest BCUT2D eigenvalue weighted by Gasteiger charge is 2.13. The second-order valence-electron chi connectivity index (χ2n) is 3.78. The zero-order valence-electron chi connectivity index (χ0n) is 9.87. The van der Waals surface area contributed by atoms with Gasteiger partial charge in [0, 0.05) is 4.88 Å². The Morgan fingerprint density at radius 1 is 1.39 bits per heavy atom. The fourth-order valence-electron chi connectivity index (χ4n) is 1.54. The van der Waals surface area contributed by atoms with E-state index in [1.807, 2.05) is 13.0 Å². The van der Waals surface area contributed by atoms with Crippen molar-refractivity contribution in [3.05, 3.63) is 45.9 Å². The smallest absolute Gasteiger partial charge is 0.265 e. The van der Waals surface area contributed by atoms with E-state index in [1.54, 1.807) is 12.1 Å². The molecule has 1 aromatic heterocycles. The molecule has 94 valence electrons. The Morgan fingerprint density at radius 3 is 2.78 bits per heavy atom. The molecule has 0 fully saturated rings. The largest absolute Gasteiger partial charge is 0.397 e. The third-order valence-electron chi connectivity index (χ3n) is 2.52. The molecule has 2 aromatic rings. The number of nitrogens with two attached hydrogens (primary N) is 1. The number of rotatable bonds is 3. The molecule has 2 rings (SSSR count). The van der Waals surface area contributed by atoms with E-state index >= 15 is 0 Å². The number of benzene rings is 1. The molecule has 0 unspecified atom stereocenters. The summed E-state index contributed by atoms with van der Waals surface area (Å²) in [7, 11) is 0. The van der Waals surface area contributed by atoms with Gasteiger partial charge in [0.25, 0.3) is 5.91 Å². The van der Waals surface area contributed by atoms with Crippen LogP contribution >= 0.6 is 11.3 Å². The summed E-state index contributed by atoms with van der Waals surface area (Å²) in [5.74, 6) is -0.868. The fraction of sp³-hybridized carbons (Fsp3) is 0.154. The maximum Gasteiger partial charge on any atom is 0.265 e. The number of amides is 1. The van der Waals surface area contributed by atoms with Gasteiger partial charge >= 0.3 is 0 Å². The number of nitrogens with one attached hydrogen (secondary N) is 1. The average molecular weight is 264 g/mol. The summed E-state index contributed by atoms with van der Waals surface area (Å²) in [5.41, 5.74) is 5.88. The van der Waals surface area contributed by atoms with E-state index < -0.39 is 5.82 Å². The molecule has 5 heteroatoms. The van der Waals surface area contributed by atoms with Gasteiger partial charge < -0.3 is 11.1 Å². The van der Waals surface area contributed by atoms with Gasteiger partial charge in [0.15, 0.2) is 0 Å². The lowest BCUT2D eigenvalue weighted by atomic mass is 10.2. The van der Waals surface area contributed by atoms with Crippen molar-refractivity contribution < 1.29 is 9.18 Å². The standard InChI is InChI=1S/C13H13FN2OS/c1-2-8-6-7-11(18-8)13(17)16-12-9(14)4-3-5-10(12)15/h3-7H,2,15H2,1H3,(H,16,17). The minimum Gasteiger partial charge on any atom is -0.397 e. The SMILES string of the molecule is CCc1ccc(C(=O)Nc2c(N)cccc2F)s1. The summed E-state index contributed by atoms with van der Waals surface area (Å²) in [5, 5.41) is 2.50. The van der Waals surface area contributed by atoms with Gasteiger partial charge in [0.1, 0.15) is 11.5 Å². The minimum atomic E-state index is -0.532. The molecule has 0 spiro atoms. The van der Waals surface area contributed by atoms with E-state index in [9.17, 15) is 9.18 Å². The van der Waals surface area contributed by atoms with Crippen molar-refractivity contribution in [2.75, 3.05) is 11.1 Å². The Kier molecular flexibility index (Phi) is 3.62. The highest BCUT2D eigenvalue weighted by Crippen LogP contribution is 2.24. The lowest BCUT2D eigenvalue weighted by molar-refractivity contribution is 0.103. The monoisotopic (exact) mass is 264 g/mol. The van der Waals surface area contributed by atoms with Gasteiger partial charge in [0.2, 0.25) is 0 Å². The molecule has 1 heterocycles. The fourth-order valence-corrected chi connectivity index (χ4v) is 2.38. The summed E-state index contributed by atoms with van der Waals surface area (Å²) < 4.78 is 13.5. The number of anilines is 2. The second kappa shape index (κ2) is 5.18. The lowest BCUT2D eigenvalue weighted by Crippen LogP contribution is -2.13. The maximum atomic E-state index is 13.5. The summed E-state index contributed by atoms with van der Waals surface area (Å²) >= 11 is 1.40. The van der Waals surface area contributed by atoms with Crippen LogP contribution in [0.4, 0.5) is 15.8 Å². The molecule has 0 saturated carbocycles. The van der Waals surface area contributed by atoms with Crippen LogP contribution in [0.5, 0.6) is 0 Å². The molecule has 0 radical (unpaired) electrons. The molecule has 0 bridgehead atoms. The van der Waals surface area contributed by atoms with Crippen LogP contribution in [0.15, 0.2) is 30.3 Å². The lowest BCUT2D eigenvalue weighted by Gasteiger charge is -2.07. The molecule has 0 aliphatic heterocycles. The summed E-state index contributed by atoms with van der Waals surface area (Å²) in [6, 6.07) is 7.93. The average Bonchev–Trinajstić information content (AvgIpc) is 2.82. The highest BCUT2D eigenvalue weighted by atomic mass is 32.1. The van der Waals surface area contributed by atoms with Crippen LogP contribution in [0.2, 0.25) is 0 Å². The van der Waals surface area contributed by atoms with Crippen molar-refractivity contribution in [3.8, 4) is 0 Å². The van der Waals surface area contributed by atoms with Gasteiger partial charge in [-0.3, -0.25) is 4.79 Å². The van der Waals surface area contributed by atoms with Crippen LogP contribution in [-0.4, -0.2) is 5.91 Å². The number of thiophene rings is 1. The van der Waals surface area contributed by atoms with Crippen LogP contribution in [0.3, 0.4) is 0 Å². The second-order valence-corrected chi connectivity index (χ2v) is 4.95. The van der Waals surface area contributed by atoms with E-state index in [0.29, 0.717) is 4.88 Å². The number of hydrogen-bond donors (Lipinski definition) is 2. The van der Waals surface area contributed by atoms with E-state index in [1.165, 1.54) is 23.5 Å². The van der Waals surface area contributed by atoms with Crippen molar-refractivity contribution in [2.24, 2.45) is 0 Å². The molecule has 0 aliphatic carbocycles. The van der Waals surface area contributed by atoms with Gasteiger partial charge in [-0.05, 0) is 30.7 Å². The van der Waals surface area contributed by atoms with Crippen molar-refractivity contribution in [1.82, 2.24) is 0 Å². The molecule has 1 amide bonds. The molecule has 0 saturated heterocycles. The third-order valence-corrected chi connectivity index (χ3v) is 3.75. The van der Waals surface area contributed by atoms with E-state index in [0.717, 1.165) is 11.3 Å². The van der Waals surface area contributed by atoms with Crippen molar-refractivity contribution in [3.63, 3.8) is 0 Å². The predicted octanol–water partition coefficient (Wildman–Crippen LogP) is 3.28. The van der Waals surface area contributed by atoms with Gasteiger partial charge in [-0.15, -0.1) is 11.3 Å². The van der Waals surface area contributed by atoms with Crippen molar-refractivity contribution >= 4 is 28.6 Å². The number of aryl methyl sites for hydroxylation is 1. The number of nitrogen functional groups attached to an aromatic ring is 1. The first kappa shape index (κ1) is 12.6. The van der Waals surface area contributed by atoms with Gasteiger partial charge in [-0.25, -0.2) is 4.39 Å². The normalized spacial score (nSPS) is 10.3. The van der Waals surface area contributed by atoms with Gasteiger partial charge in [-0.2, -0.15) is 0 Å². The number of halogens is 1. The molecular weight excluding hydrogens is 251 g/mol. The molecule has 3 nitrogen and oxygen atoms in total. The molecular formula is C13H13FN2OS. The molecule has 3 N–H and O–H groups in total. The number of carbonyl (C=O) groups excluding carboxylic acids is 1. The van der Waals surface area contributed by atoms with Crippen LogP contribution in [0.25, 0.3) is 0 Å². The van der Waals surface area contributed by atoms with Crippen LogP contribution in [-0.2, 0) is 6.42 Å². The zero-order chi connectivity index (χ0) is 13.1. The summed E-state index contributed by atoms with van der Waals surface area (Å²) in [6.45, 7) is 2.02. The molecule has 18 heavy (non-hydrogen) atoms. The number of carbonyl (C=O) groups is 1. The zero-order valence-corrected chi connectivity index (χ0v) is 10.7. The Balaban J connectivity index is 2.21. The van der Waals surface area contributed by atoms with E-state index in [2.05, 4.69) is 5.32 Å². The first-order chi connectivity index (χ1) is 8.61. The Labute approximate surface area is 108 Å². The van der Waals surface area contributed by atoms with Crippen molar-refractivity contribution in [1.29, 1.82) is 0 Å². The quantitative estimate of drug-likeness (QED) is 0.836. The molecule has 1 aromatic carbocycles. The predicted molar refractivity (Wildman–Crippen MR) is 72.5 cm³/mol. The molecule has 0 atom stereocenters. The minimum absolute atomic E-state index is 0.0361. The summed E-state index contributed by atoms with van der Waals surface area (Å²) in [6.07, 6.45) is 0.875. The number of hydrogen-bond acceptors (Lipinski definition) is 3. The number of para-hydroxylation sites is 1. The van der Waals surface area contributed by atoms with Gasteiger partial charge in [-0.1, -0.05) is 13.0 Å². The van der Waals surface area contributed by atoms with E-state index in [-0.39, 0.29) is 17.3 Å².